The van der Waals surface area contributed by atoms with Crippen molar-refractivity contribution in [1.82, 2.24) is 0 Å². The first kappa shape index (κ1) is 15.0. The van der Waals surface area contributed by atoms with Crippen LogP contribution in [0.3, 0.4) is 0 Å². The number of methoxy groups -OCH3 is 1. The number of ether oxygens (including phenoxy) is 1. The predicted octanol–water partition coefficient (Wildman–Crippen LogP) is 5.06. The van der Waals surface area contributed by atoms with Gasteiger partial charge in [0, 0.05) is 7.11 Å². The van der Waals surface area contributed by atoms with Gasteiger partial charge < -0.3 is 4.74 Å². The van der Waals surface area contributed by atoms with Crippen molar-refractivity contribution in [3.8, 4) is 0 Å². The van der Waals surface area contributed by atoms with Gasteiger partial charge in [0.2, 0.25) is 0 Å². The van der Waals surface area contributed by atoms with Crippen LogP contribution in [0.4, 0.5) is 0 Å². The van der Waals surface area contributed by atoms with Crippen LogP contribution in [-0.4, -0.2) is 7.11 Å². The molecular weight excluding hydrogens is 220 g/mol. The van der Waals surface area contributed by atoms with Crippen LogP contribution in [0.2, 0.25) is 0 Å². The summed E-state index contributed by atoms with van der Waals surface area (Å²) < 4.78 is 5.11. The van der Waals surface area contributed by atoms with Crippen molar-refractivity contribution in [2.24, 2.45) is 5.92 Å². The Kier molecular flexibility index (Phi) is 7.43. The Morgan fingerprint density at radius 3 is 2.44 bits per heavy atom. The van der Waals surface area contributed by atoms with Gasteiger partial charge in [0.05, 0.1) is 6.61 Å². The lowest BCUT2D eigenvalue weighted by molar-refractivity contribution is 0.185. The van der Waals surface area contributed by atoms with Crippen molar-refractivity contribution in [2.45, 2.75) is 46.1 Å². The van der Waals surface area contributed by atoms with Crippen LogP contribution in [0.1, 0.15) is 50.7 Å². The molecule has 1 nitrogen and oxygen atoms in total. The van der Waals surface area contributed by atoms with Crippen molar-refractivity contribution in [1.29, 1.82) is 0 Å². The molecule has 1 heteroatoms. The Hall–Kier alpha value is -1.08. The van der Waals surface area contributed by atoms with E-state index < -0.39 is 0 Å². The Labute approximate surface area is 112 Å². The molecule has 1 rings (SSSR count). The summed E-state index contributed by atoms with van der Waals surface area (Å²) in [5, 5.41) is 0. The molecule has 0 saturated heterocycles. The Morgan fingerprint density at radius 1 is 1.17 bits per heavy atom. The molecular formula is C17H26O. The average molecular weight is 246 g/mol. The average Bonchev–Trinajstić information content (AvgIpc) is 2.41. The summed E-state index contributed by atoms with van der Waals surface area (Å²) in [5.41, 5.74) is 2.51. The largest absolute Gasteiger partial charge is 0.380 e. The van der Waals surface area contributed by atoms with Crippen LogP contribution in [-0.2, 0) is 11.3 Å². The van der Waals surface area contributed by atoms with Gasteiger partial charge in [0.15, 0.2) is 0 Å². The van der Waals surface area contributed by atoms with Crippen molar-refractivity contribution in [3.63, 3.8) is 0 Å². The van der Waals surface area contributed by atoms with E-state index in [1.54, 1.807) is 7.11 Å². The van der Waals surface area contributed by atoms with Crippen LogP contribution in [0.25, 0.3) is 6.08 Å². The van der Waals surface area contributed by atoms with Gasteiger partial charge in [0.1, 0.15) is 0 Å². The van der Waals surface area contributed by atoms with Crippen LogP contribution >= 0.6 is 0 Å². The van der Waals surface area contributed by atoms with E-state index in [-0.39, 0.29) is 0 Å². The molecule has 0 bridgehead atoms. The summed E-state index contributed by atoms with van der Waals surface area (Å²) in [6, 6.07) is 8.60. The fourth-order valence-electron chi connectivity index (χ4n) is 2.04. The second kappa shape index (κ2) is 8.93. The summed E-state index contributed by atoms with van der Waals surface area (Å²) in [7, 11) is 1.73. The maximum atomic E-state index is 5.11. The molecule has 100 valence electrons. The van der Waals surface area contributed by atoms with Crippen LogP contribution in [0, 0.1) is 5.92 Å². The number of hydrogen-bond donors (Lipinski definition) is 0. The lowest BCUT2D eigenvalue weighted by atomic mass is 9.98. The van der Waals surface area contributed by atoms with E-state index in [2.05, 4.69) is 50.3 Å². The quantitative estimate of drug-likeness (QED) is 0.622. The highest BCUT2D eigenvalue weighted by Gasteiger charge is 2.00. The second-order valence-electron chi connectivity index (χ2n) is 4.84. The highest BCUT2D eigenvalue weighted by atomic mass is 16.5. The minimum Gasteiger partial charge on any atom is -0.380 e. The summed E-state index contributed by atoms with van der Waals surface area (Å²) in [6.07, 6.45) is 9.77. The van der Waals surface area contributed by atoms with Crippen molar-refractivity contribution < 1.29 is 4.74 Å². The number of unbranched alkanes of at least 4 members (excludes halogenated alkanes) is 1. The topological polar surface area (TPSA) is 9.23 Å². The molecule has 1 atom stereocenters. The molecule has 18 heavy (non-hydrogen) atoms. The monoisotopic (exact) mass is 246 g/mol. The Morgan fingerprint density at radius 2 is 1.89 bits per heavy atom. The highest BCUT2D eigenvalue weighted by molar-refractivity contribution is 5.49. The van der Waals surface area contributed by atoms with Gasteiger partial charge in [-0.3, -0.25) is 0 Å². The summed E-state index contributed by atoms with van der Waals surface area (Å²) in [6.45, 7) is 5.22. The zero-order valence-electron chi connectivity index (χ0n) is 12.0. The smallest absolute Gasteiger partial charge is 0.0713 e. The molecule has 1 aromatic rings. The van der Waals surface area contributed by atoms with Crippen molar-refractivity contribution in [3.05, 3.63) is 41.5 Å². The second-order valence-corrected chi connectivity index (χ2v) is 4.84. The lowest BCUT2D eigenvalue weighted by Gasteiger charge is -2.08. The van der Waals surface area contributed by atoms with Gasteiger partial charge in [-0.05, 0) is 29.9 Å². The Bertz CT molecular complexity index is 337. The van der Waals surface area contributed by atoms with Crippen LogP contribution < -0.4 is 0 Å². The minimum absolute atomic E-state index is 0.693. The molecule has 0 spiro atoms. The van der Waals surface area contributed by atoms with Gasteiger partial charge in [-0.15, -0.1) is 0 Å². The van der Waals surface area contributed by atoms with E-state index in [9.17, 15) is 0 Å². The number of rotatable bonds is 8. The molecule has 0 N–H and O–H groups in total. The number of allylic oxidation sites excluding steroid dienone is 1. The molecule has 0 radical (unpaired) electrons. The predicted molar refractivity (Wildman–Crippen MR) is 79.5 cm³/mol. The lowest BCUT2D eigenvalue weighted by Crippen LogP contribution is -1.93. The zero-order chi connectivity index (χ0) is 13.2. The fraction of sp³-hybridized carbons (Fsp3) is 0.529. The third kappa shape index (κ3) is 5.50. The summed E-state index contributed by atoms with van der Waals surface area (Å²) in [4.78, 5) is 0. The molecule has 0 aliphatic carbocycles. The van der Waals surface area contributed by atoms with E-state index in [0.29, 0.717) is 6.61 Å². The normalized spacial score (nSPS) is 13.1. The van der Waals surface area contributed by atoms with Gasteiger partial charge >= 0.3 is 0 Å². The Balaban J connectivity index is 2.53. The maximum absolute atomic E-state index is 5.11. The van der Waals surface area contributed by atoms with Gasteiger partial charge in [0.25, 0.3) is 0 Å². The molecule has 0 fully saturated rings. The first-order valence-corrected chi connectivity index (χ1v) is 7.06. The van der Waals surface area contributed by atoms with Crippen LogP contribution in [0.5, 0.6) is 0 Å². The van der Waals surface area contributed by atoms with Crippen molar-refractivity contribution in [2.75, 3.05) is 7.11 Å². The first-order chi connectivity index (χ1) is 8.80. The number of benzene rings is 1. The van der Waals surface area contributed by atoms with E-state index in [0.717, 1.165) is 5.92 Å². The molecule has 0 aliphatic heterocycles. The van der Waals surface area contributed by atoms with E-state index in [1.165, 1.54) is 36.8 Å². The summed E-state index contributed by atoms with van der Waals surface area (Å²) in [5.74, 6) is 0.726. The summed E-state index contributed by atoms with van der Waals surface area (Å²) >= 11 is 0. The van der Waals surface area contributed by atoms with Crippen molar-refractivity contribution >= 4 is 6.08 Å². The standard InChI is InChI=1S/C17H26O/c1-4-6-7-15(5-2)8-9-16-10-12-17(13-11-16)14-18-3/h8-13,15H,4-7,14H2,1-3H3/b9-8+. The fourth-order valence-corrected chi connectivity index (χ4v) is 2.04. The molecule has 0 aliphatic rings. The van der Waals surface area contributed by atoms with Crippen LogP contribution in [0.15, 0.2) is 30.3 Å². The molecule has 0 saturated carbocycles. The molecule has 1 unspecified atom stereocenters. The third-order valence-corrected chi connectivity index (χ3v) is 3.30. The molecule has 1 aromatic carbocycles. The highest BCUT2D eigenvalue weighted by Crippen LogP contribution is 2.16. The first-order valence-electron chi connectivity index (χ1n) is 7.06. The molecule has 0 heterocycles. The third-order valence-electron chi connectivity index (χ3n) is 3.30. The molecule has 0 aromatic heterocycles. The van der Waals surface area contributed by atoms with Gasteiger partial charge in [-0.2, -0.15) is 0 Å². The van der Waals surface area contributed by atoms with E-state index >= 15 is 0 Å². The minimum atomic E-state index is 0.693. The van der Waals surface area contributed by atoms with Gasteiger partial charge in [-0.25, -0.2) is 0 Å². The number of hydrogen-bond acceptors (Lipinski definition) is 1. The van der Waals surface area contributed by atoms with E-state index in [1.807, 2.05) is 0 Å². The maximum Gasteiger partial charge on any atom is 0.0713 e. The van der Waals surface area contributed by atoms with Gasteiger partial charge in [-0.1, -0.05) is 63.1 Å². The SMILES string of the molecule is CCCCC(/C=C/c1ccc(COC)cc1)CC. The zero-order valence-corrected chi connectivity index (χ0v) is 12.0. The molecule has 0 amide bonds. The van der Waals surface area contributed by atoms with E-state index in [4.69, 9.17) is 4.74 Å².